The van der Waals surface area contributed by atoms with Crippen LogP contribution in [0.3, 0.4) is 0 Å². The van der Waals surface area contributed by atoms with Crippen molar-refractivity contribution in [2.24, 2.45) is 0 Å². The minimum atomic E-state index is -0.984. The molecule has 0 spiro atoms. The predicted molar refractivity (Wildman–Crippen MR) is 162 cm³/mol. The second-order valence-electron chi connectivity index (χ2n) is 7.89. The van der Waals surface area contributed by atoms with Gasteiger partial charge in [0, 0.05) is 0 Å². The molecule has 0 fully saturated rings. The summed E-state index contributed by atoms with van der Waals surface area (Å²) in [7, 11) is 6.27. The summed E-state index contributed by atoms with van der Waals surface area (Å²) in [6.07, 6.45) is 1.81. The van der Waals surface area contributed by atoms with Gasteiger partial charge in [0.25, 0.3) is 0 Å². The van der Waals surface area contributed by atoms with Crippen LogP contribution in [0.5, 0.6) is 11.5 Å². The maximum Gasteiger partial charge on any atom is 0.313 e. The van der Waals surface area contributed by atoms with Gasteiger partial charge in [-0.05, 0) is 47.2 Å². The molecule has 0 radical (unpaired) electrons. The molecule has 0 saturated heterocycles. The summed E-state index contributed by atoms with van der Waals surface area (Å²) in [5.74, 6) is 1.48. The maximum atomic E-state index is 12.3. The van der Waals surface area contributed by atoms with Crippen molar-refractivity contribution in [1.29, 1.82) is 0 Å². The zero-order valence-corrected chi connectivity index (χ0v) is 25.5. The maximum absolute atomic E-state index is 12.3. The Morgan fingerprint density at radius 3 is 1.87 bits per heavy atom. The number of benzene rings is 3. The van der Waals surface area contributed by atoms with Crippen molar-refractivity contribution >= 4 is 37.5 Å². The van der Waals surface area contributed by atoms with E-state index < -0.39 is 11.6 Å². The highest BCUT2D eigenvalue weighted by Crippen LogP contribution is 2.41. The summed E-state index contributed by atoms with van der Waals surface area (Å²) in [5.41, 5.74) is 1.72. The van der Waals surface area contributed by atoms with Crippen molar-refractivity contribution in [3.8, 4) is 11.5 Å². The standard InChI is InChI=1S/C29H32O7S2.H3P/c1-22(36-35-21-38-37-4)20-28(30)33-18-19-34-29(23-8-6-5-7-9-23,24-10-14-26(31-2)15-11-24)25-12-16-27(32-3)17-13-25;/h5-17H,1,18-21H2,2-4H3;1H3. The van der Waals surface area contributed by atoms with Crippen LogP contribution in [-0.2, 0) is 29.6 Å². The van der Waals surface area contributed by atoms with E-state index in [2.05, 4.69) is 6.58 Å². The number of rotatable bonds is 16. The van der Waals surface area contributed by atoms with E-state index in [0.717, 1.165) is 28.2 Å². The number of methoxy groups -OCH3 is 2. The third-order valence-electron chi connectivity index (χ3n) is 5.57. The summed E-state index contributed by atoms with van der Waals surface area (Å²) >= 11 is 0. The first kappa shape index (κ1) is 32.5. The summed E-state index contributed by atoms with van der Waals surface area (Å²) in [6.45, 7) is 3.86. The van der Waals surface area contributed by atoms with Gasteiger partial charge in [-0.1, -0.05) is 82.8 Å². The van der Waals surface area contributed by atoms with Gasteiger partial charge in [-0.2, -0.15) is 14.8 Å². The number of hydrogen-bond acceptors (Lipinski definition) is 9. The third kappa shape index (κ3) is 9.19. The van der Waals surface area contributed by atoms with Gasteiger partial charge in [-0.25, -0.2) is 0 Å². The fraction of sp³-hybridized carbons (Fsp3) is 0.276. The average Bonchev–Trinajstić information content (AvgIpc) is 2.96. The van der Waals surface area contributed by atoms with Crippen molar-refractivity contribution in [2.75, 3.05) is 39.6 Å². The lowest BCUT2D eigenvalue weighted by Crippen LogP contribution is -2.34. The Morgan fingerprint density at radius 2 is 1.36 bits per heavy atom. The SMILES string of the molecule is C=C(CC(=O)OCCOC(c1ccccc1)(c1ccc(OC)cc1)c1ccc(OC)cc1)OOCSSC.P. The fourth-order valence-corrected chi connectivity index (χ4v) is 4.43. The molecule has 0 aliphatic heterocycles. The first-order valence-corrected chi connectivity index (χ1v) is 14.5. The molecular weight excluding hydrogens is 555 g/mol. The summed E-state index contributed by atoms with van der Waals surface area (Å²) in [4.78, 5) is 22.3. The quantitative estimate of drug-likeness (QED) is 0.0216. The van der Waals surface area contributed by atoms with Crippen molar-refractivity contribution in [1.82, 2.24) is 0 Å². The van der Waals surface area contributed by atoms with E-state index in [4.69, 9.17) is 28.7 Å². The van der Waals surface area contributed by atoms with E-state index in [1.807, 2.05) is 85.1 Å². The van der Waals surface area contributed by atoms with E-state index >= 15 is 0 Å². The van der Waals surface area contributed by atoms with E-state index in [0.29, 0.717) is 5.94 Å². The summed E-state index contributed by atoms with van der Waals surface area (Å²) < 4.78 is 22.8. The Morgan fingerprint density at radius 1 is 0.821 bits per heavy atom. The molecule has 0 aliphatic carbocycles. The topological polar surface area (TPSA) is 72.5 Å². The number of esters is 1. The smallest absolute Gasteiger partial charge is 0.313 e. The average molecular weight is 591 g/mol. The molecule has 0 N–H and O–H groups in total. The highest BCUT2D eigenvalue weighted by Gasteiger charge is 2.37. The van der Waals surface area contributed by atoms with Gasteiger partial charge < -0.3 is 23.8 Å². The van der Waals surface area contributed by atoms with Crippen molar-refractivity contribution in [3.63, 3.8) is 0 Å². The Balaban J connectivity index is 0.00000533. The molecule has 0 heterocycles. The third-order valence-corrected chi connectivity index (χ3v) is 6.99. The van der Waals surface area contributed by atoms with Crippen molar-refractivity contribution in [3.05, 3.63) is 108 Å². The van der Waals surface area contributed by atoms with Gasteiger partial charge in [-0.3, -0.25) is 4.79 Å². The zero-order valence-electron chi connectivity index (χ0n) is 22.4. The molecule has 10 heteroatoms. The summed E-state index contributed by atoms with van der Waals surface area (Å²) in [5, 5.41) is 0. The van der Waals surface area contributed by atoms with Gasteiger partial charge in [0.2, 0.25) is 0 Å². The molecule has 7 nitrogen and oxygen atoms in total. The number of ether oxygens (including phenoxy) is 4. The Hall–Kier alpha value is -2.68. The van der Waals surface area contributed by atoms with Crippen LogP contribution >= 0.6 is 31.5 Å². The molecule has 0 aromatic heterocycles. The fourth-order valence-electron chi connectivity index (χ4n) is 3.84. The lowest BCUT2D eigenvalue weighted by Gasteiger charge is -2.36. The summed E-state index contributed by atoms with van der Waals surface area (Å²) in [6, 6.07) is 25.4. The van der Waals surface area contributed by atoms with Crippen LogP contribution < -0.4 is 9.47 Å². The molecule has 3 aromatic rings. The number of carbonyl (C=O) groups excluding carboxylic acids is 1. The predicted octanol–water partition coefficient (Wildman–Crippen LogP) is 6.43. The molecule has 1 unspecified atom stereocenters. The lowest BCUT2D eigenvalue weighted by atomic mass is 9.80. The first-order valence-electron chi connectivity index (χ1n) is 11.8. The van der Waals surface area contributed by atoms with Crippen molar-refractivity contribution in [2.45, 2.75) is 12.0 Å². The normalized spacial score (nSPS) is 10.7. The van der Waals surface area contributed by atoms with Gasteiger partial charge in [0.15, 0.2) is 0 Å². The molecule has 1 atom stereocenters. The molecule has 3 aromatic carbocycles. The van der Waals surface area contributed by atoms with Crippen molar-refractivity contribution < 1.29 is 33.5 Å². The van der Waals surface area contributed by atoms with Crippen LogP contribution in [0.4, 0.5) is 0 Å². The molecule has 0 amide bonds. The number of carbonyl (C=O) groups is 1. The molecule has 0 bridgehead atoms. The molecule has 0 aliphatic rings. The van der Waals surface area contributed by atoms with Gasteiger partial charge in [-0.15, -0.1) is 0 Å². The monoisotopic (exact) mass is 590 g/mol. The largest absolute Gasteiger partial charge is 0.497 e. The van der Waals surface area contributed by atoms with Crippen LogP contribution in [0, 0.1) is 0 Å². The minimum absolute atomic E-state index is 0. The van der Waals surface area contributed by atoms with Gasteiger partial charge >= 0.3 is 5.97 Å². The van der Waals surface area contributed by atoms with Crippen LogP contribution in [0.15, 0.2) is 91.2 Å². The first-order chi connectivity index (χ1) is 18.5. The highest BCUT2D eigenvalue weighted by atomic mass is 33.1. The van der Waals surface area contributed by atoms with Crippen LogP contribution in [0.2, 0.25) is 0 Å². The van der Waals surface area contributed by atoms with E-state index in [9.17, 15) is 4.79 Å². The zero-order chi connectivity index (χ0) is 27.2. The highest BCUT2D eigenvalue weighted by molar-refractivity contribution is 8.76. The molecule has 39 heavy (non-hydrogen) atoms. The Kier molecular flexibility index (Phi) is 14.3. The number of hydrogen-bond donors (Lipinski definition) is 0. The lowest BCUT2D eigenvalue weighted by molar-refractivity contribution is -0.246. The van der Waals surface area contributed by atoms with E-state index in [1.165, 1.54) is 10.8 Å². The van der Waals surface area contributed by atoms with Gasteiger partial charge in [0.05, 0.1) is 20.8 Å². The molecule has 3 rings (SSSR count). The van der Waals surface area contributed by atoms with Crippen LogP contribution in [-0.4, -0.2) is 45.6 Å². The molecule has 210 valence electrons. The van der Waals surface area contributed by atoms with Gasteiger partial charge in [0.1, 0.15) is 41.8 Å². The second-order valence-corrected chi connectivity index (χ2v) is 10.4. The Labute approximate surface area is 241 Å². The Bertz CT molecular complexity index is 1100. The van der Waals surface area contributed by atoms with E-state index in [1.54, 1.807) is 25.0 Å². The molecular formula is C29H35O7PS2. The molecule has 0 saturated carbocycles. The minimum Gasteiger partial charge on any atom is -0.497 e. The van der Waals surface area contributed by atoms with Crippen LogP contribution in [0.1, 0.15) is 23.1 Å². The van der Waals surface area contributed by atoms with E-state index in [-0.39, 0.29) is 35.3 Å². The second kappa shape index (κ2) is 17.1. The van der Waals surface area contributed by atoms with Crippen LogP contribution in [0.25, 0.3) is 0 Å².